The standard InChI is InChI=1S/C20H21ClN2O2S/c1-23(2)16(13-7-6-8-14(11-13)25-3)12-22-20(24)19-18(21)15-9-4-5-10-17(15)26-19/h4-11,16H,12H2,1-3H3,(H,22,24). The van der Waals surface area contributed by atoms with Gasteiger partial charge in [0.15, 0.2) is 0 Å². The molecule has 26 heavy (non-hydrogen) atoms. The van der Waals surface area contributed by atoms with E-state index in [-0.39, 0.29) is 11.9 Å². The maximum absolute atomic E-state index is 12.7. The summed E-state index contributed by atoms with van der Waals surface area (Å²) in [6, 6.07) is 15.7. The summed E-state index contributed by atoms with van der Waals surface area (Å²) in [7, 11) is 5.63. The van der Waals surface area contributed by atoms with Crippen molar-refractivity contribution in [2.24, 2.45) is 0 Å². The van der Waals surface area contributed by atoms with E-state index in [2.05, 4.69) is 10.2 Å². The molecular weight excluding hydrogens is 368 g/mol. The van der Waals surface area contributed by atoms with Gasteiger partial charge >= 0.3 is 0 Å². The summed E-state index contributed by atoms with van der Waals surface area (Å²) in [5, 5.41) is 4.46. The number of hydrogen-bond acceptors (Lipinski definition) is 4. The Labute approximate surface area is 162 Å². The third-order valence-corrected chi connectivity index (χ3v) is 5.97. The molecule has 4 nitrogen and oxygen atoms in total. The molecule has 2 aromatic carbocycles. The number of hydrogen-bond donors (Lipinski definition) is 1. The first kappa shape index (κ1) is 18.7. The minimum Gasteiger partial charge on any atom is -0.497 e. The molecule has 6 heteroatoms. The fourth-order valence-corrected chi connectivity index (χ4v) is 4.31. The Bertz CT molecular complexity index is 923. The highest BCUT2D eigenvalue weighted by Crippen LogP contribution is 2.35. The number of rotatable bonds is 6. The van der Waals surface area contributed by atoms with Crippen molar-refractivity contribution in [3.05, 3.63) is 64.0 Å². The lowest BCUT2D eigenvalue weighted by Gasteiger charge is -2.25. The number of carbonyl (C=O) groups excluding carboxylic acids is 1. The molecule has 0 saturated heterocycles. The number of carbonyl (C=O) groups is 1. The molecule has 0 aliphatic rings. The molecule has 1 unspecified atom stereocenters. The van der Waals surface area contributed by atoms with Crippen molar-refractivity contribution in [2.45, 2.75) is 6.04 Å². The van der Waals surface area contributed by atoms with E-state index in [0.717, 1.165) is 21.4 Å². The van der Waals surface area contributed by atoms with E-state index in [9.17, 15) is 4.79 Å². The molecule has 0 aliphatic carbocycles. The number of methoxy groups -OCH3 is 1. The highest BCUT2D eigenvalue weighted by Gasteiger charge is 2.20. The molecular formula is C20H21ClN2O2S. The van der Waals surface area contributed by atoms with Gasteiger partial charge in [0.1, 0.15) is 10.6 Å². The zero-order chi connectivity index (χ0) is 18.7. The van der Waals surface area contributed by atoms with Crippen molar-refractivity contribution < 1.29 is 9.53 Å². The first-order valence-corrected chi connectivity index (χ1v) is 9.46. The van der Waals surface area contributed by atoms with Crippen LogP contribution in [0.2, 0.25) is 5.02 Å². The van der Waals surface area contributed by atoms with Crippen LogP contribution >= 0.6 is 22.9 Å². The molecule has 3 rings (SSSR count). The number of amides is 1. The maximum atomic E-state index is 12.7. The lowest BCUT2D eigenvalue weighted by atomic mass is 10.1. The summed E-state index contributed by atoms with van der Waals surface area (Å²) in [4.78, 5) is 15.3. The van der Waals surface area contributed by atoms with E-state index in [1.165, 1.54) is 11.3 Å². The second kappa shape index (κ2) is 8.08. The average Bonchev–Trinajstić information content (AvgIpc) is 2.99. The minimum atomic E-state index is -0.147. The summed E-state index contributed by atoms with van der Waals surface area (Å²) in [6.45, 7) is 0.476. The number of nitrogens with one attached hydrogen (secondary N) is 1. The van der Waals surface area contributed by atoms with Gasteiger partial charge in [0.25, 0.3) is 5.91 Å². The van der Waals surface area contributed by atoms with Crippen LogP contribution in [-0.4, -0.2) is 38.6 Å². The first-order chi connectivity index (χ1) is 12.5. The highest BCUT2D eigenvalue weighted by molar-refractivity contribution is 7.21. The fourth-order valence-electron chi connectivity index (χ4n) is 2.88. The van der Waals surface area contributed by atoms with Crippen LogP contribution < -0.4 is 10.1 Å². The van der Waals surface area contributed by atoms with Crippen molar-refractivity contribution in [1.82, 2.24) is 10.2 Å². The number of benzene rings is 2. The molecule has 136 valence electrons. The largest absolute Gasteiger partial charge is 0.497 e. The molecule has 0 radical (unpaired) electrons. The Morgan fingerprint density at radius 2 is 2.00 bits per heavy atom. The second-order valence-corrected chi connectivity index (χ2v) is 7.64. The Morgan fingerprint density at radius 3 is 2.69 bits per heavy atom. The molecule has 1 aromatic heterocycles. The Hall–Kier alpha value is -2.08. The van der Waals surface area contributed by atoms with Crippen molar-refractivity contribution >= 4 is 38.9 Å². The smallest absolute Gasteiger partial charge is 0.262 e. The Balaban J connectivity index is 1.78. The summed E-state index contributed by atoms with van der Waals surface area (Å²) >= 11 is 7.83. The van der Waals surface area contributed by atoms with Crippen LogP contribution in [0.1, 0.15) is 21.3 Å². The zero-order valence-electron chi connectivity index (χ0n) is 15.0. The Kier molecular flexibility index (Phi) is 5.81. The third kappa shape index (κ3) is 3.85. The number of likely N-dealkylation sites (N-methyl/N-ethyl adjacent to an activating group) is 1. The van der Waals surface area contributed by atoms with Crippen LogP contribution in [0, 0.1) is 0 Å². The van der Waals surface area contributed by atoms with Crippen LogP contribution in [0.5, 0.6) is 5.75 Å². The van der Waals surface area contributed by atoms with E-state index in [1.54, 1.807) is 7.11 Å². The number of fused-ring (bicyclic) bond motifs is 1. The SMILES string of the molecule is COc1cccc(C(CNC(=O)c2sc3ccccc3c2Cl)N(C)C)c1. The second-order valence-electron chi connectivity index (χ2n) is 6.21. The number of ether oxygens (including phenoxy) is 1. The van der Waals surface area contributed by atoms with Gasteiger partial charge in [-0.2, -0.15) is 0 Å². The molecule has 0 bridgehead atoms. The Morgan fingerprint density at radius 1 is 1.23 bits per heavy atom. The maximum Gasteiger partial charge on any atom is 0.262 e. The van der Waals surface area contributed by atoms with Gasteiger partial charge < -0.3 is 15.0 Å². The number of thiophene rings is 1. The fraction of sp³-hybridized carbons (Fsp3) is 0.250. The van der Waals surface area contributed by atoms with E-state index in [1.807, 2.05) is 62.6 Å². The number of nitrogens with zero attached hydrogens (tertiary/aromatic N) is 1. The predicted molar refractivity (Wildman–Crippen MR) is 109 cm³/mol. The highest BCUT2D eigenvalue weighted by atomic mass is 35.5. The summed E-state index contributed by atoms with van der Waals surface area (Å²) < 4.78 is 6.32. The van der Waals surface area contributed by atoms with Crippen LogP contribution in [0.4, 0.5) is 0 Å². The van der Waals surface area contributed by atoms with Crippen LogP contribution in [0.3, 0.4) is 0 Å². The quantitative estimate of drug-likeness (QED) is 0.671. The molecule has 1 amide bonds. The van der Waals surface area contributed by atoms with E-state index >= 15 is 0 Å². The molecule has 0 fully saturated rings. The van der Waals surface area contributed by atoms with Gasteiger partial charge in [-0.05, 0) is 37.9 Å². The van der Waals surface area contributed by atoms with Gasteiger partial charge in [-0.15, -0.1) is 11.3 Å². The molecule has 0 saturated carbocycles. The predicted octanol–water partition coefficient (Wildman–Crippen LogP) is 4.60. The number of halogens is 1. The van der Waals surface area contributed by atoms with Gasteiger partial charge in [0.2, 0.25) is 0 Å². The van der Waals surface area contributed by atoms with Crippen LogP contribution in [0.15, 0.2) is 48.5 Å². The van der Waals surface area contributed by atoms with Crippen molar-refractivity contribution in [1.29, 1.82) is 0 Å². The van der Waals surface area contributed by atoms with Gasteiger partial charge in [0, 0.05) is 16.6 Å². The molecule has 1 heterocycles. The lowest BCUT2D eigenvalue weighted by Crippen LogP contribution is -2.34. The van der Waals surface area contributed by atoms with Gasteiger partial charge in [-0.3, -0.25) is 4.79 Å². The van der Waals surface area contributed by atoms with Gasteiger partial charge in [-0.1, -0.05) is 41.9 Å². The first-order valence-electron chi connectivity index (χ1n) is 8.27. The molecule has 1 atom stereocenters. The summed E-state index contributed by atoms with van der Waals surface area (Å²) in [6.07, 6.45) is 0. The summed E-state index contributed by atoms with van der Waals surface area (Å²) in [5.74, 6) is 0.652. The molecule has 1 N–H and O–H groups in total. The van der Waals surface area contributed by atoms with E-state index < -0.39 is 0 Å². The minimum absolute atomic E-state index is 0.0298. The molecule has 0 aliphatic heterocycles. The summed E-state index contributed by atoms with van der Waals surface area (Å²) in [5.41, 5.74) is 1.08. The monoisotopic (exact) mass is 388 g/mol. The zero-order valence-corrected chi connectivity index (χ0v) is 16.5. The average molecular weight is 389 g/mol. The van der Waals surface area contributed by atoms with Gasteiger partial charge in [-0.25, -0.2) is 0 Å². The van der Waals surface area contributed by atoms with Crippen LogP contribution in [-0.2, 0) is 0 Å². The lowest BCUT2D eigenvalue weighted by molar-refractivity contribution is 0.0946. The van der Waals surface area contributed by atoms with Crippen molar-refractivity contribution in [3.8, 4) is 5.75 Å². The third-order valence-electron chi connectivity index (χ3n) is 4.30. The van der Waals surface area contributed by atoms with Gasteiger partial charge in [0.05, 0.1) is 18.2 Å². The van der Waals surface area contributed by atoms with E-state index in [0.29, 0.717) is 16.4 Å². The molecule has 0 spiro atoms. The normalized spacial score (nSPS) is 12.3. The topological polar surface area (TPSA) is 41.6 Å². The van der Waals surface area contributed by atoms with E-state index in [4.69, 9.17) is 16.3 Å². The molecule has 3 aromatic rings. The van der Waals surface area contributed by atoms with Crippen LogP contribution in [0.25, 0.3) is 10.1 Å². The van der Waals surface area contributed by atoms with Crippen molar-refractivity contribution in [3.63, 3.8) is 0 Å². The van der Waals surface area contributed by atoms with Crippen molar-refractivity contribution in [2.75, 3.05) is 27.7 Å².